The van der Waals surface area contributed by atoms with Crippen molar-refractivity contribution >= 4 is 5.76 Å². The van der Waals surface area contributed by atoms with Crippen LogP contribution in [0, 0.1) is 0 Å². The Kier molecular flexibility index (Phi) is 3.52. The van der Waals surface area contributed by atoms with Crippen molar-refractivity contribution < 1.29 is 4.84 Å². The van der Waals surface area contributed by atoms with Crippen LogP contribution in [0.3, 0.4) is 0 Å². The molecule has 21 heavy (non-hydrogen) atoms. The number of benzene rings is 1. The van der Waals surface area contributed by atoms with Gasteiger partial charge in [-0.1, -0.05) is 36.4 Å². The summed E-state index contributed by atoms with van der Waals surface area (Å²) in [6.45, 7) is 6.43. The fourth-order valence-electron chi connectivity index (χ4n) is 2.47. The van der Waals surface area contributed by atoms with Crippen LogP contribution in [0.2, 0.25) is 0 Å². The number of nitrogens with zero attached hydrogens (tertiary/aromatic N) is 2. The predicted molar refractivity (Wildman–Crippen MR) is 84.1 cm³/mol. The van der Waals surface area contributed by atoms with E-state index in [-0.39, 0.29) is 11.6 Å². The van der Waals surface area contributed by atoms with Crippen LogP contribution in [0.25, 0.3) is 5.76 Å². The zero-order valence-corrected chi connectivity index (χ0v) is 12.7. The van der Waals surface area contributed by atoms with Crippen LogP contribution in [-0.2, 0) is 4.84 Å². The fourth-order valence-corrected chi connectivity index (χ4v) is 2.47. The lowest BCUT2D eigenvalue weighted by molar-refractivity contribution is -0.157. The third-order valence-corrected chi connectivity index (χ3v) is 3.47. The minimum absolute atomic E-state index is 0.0291. The zero-order valence-electron chi connectivity index (χ0n) is 12.7. The molecule has 0 N–H and O–H groups in total. The summed E-state index contributed by atoms with van der Waals surface area (Å²) in [6, 6.07) is 16.2. The summed E-state index contributed by atoms with van der Waals surface area (Å²) >= 11 is 0. The molecule has 3 nitrogen and oxygen atoms in total. The van der Waals surface area contributed by atoms with Crippen molar-refractivity contribution in [3.05, 3.63) is 72.1 Å². The molecule has 0 radical (unpaired) electrons. The molecule has 1 aliphatic rings. The lowest BCUT2D eigenvalue weighted by Crippen LogP contribution is -2.40. The van der Waals surface area contributed by atoms with E-state index in [1.807, 2.05) is 47.7 Å². The van der Waals surface area contributed by atoms with Gasteiger partial charge in [-0.3, -0.25) is 4.98 Å². The summed E-state index contributed by atoms with van der Waals surface area (Å²) < 4.78 is 0. The molecule has 3 rings (SSSR count). The molecule has 0 spiro atoms. The van der Waals surface area contributed by atoms with Crippen molar-refractivity contribution in [2.45, 2.75) is 32.4 Å². The van der Waals surface area contributed by atoms with E-state index >= 15 is 0 Å². The number of hydroxylamine groups is 2. The average molecular weight is 280 g/mol. The first kappa shape index (κ1) is 13.8. The second kappa shape index (κ2) is 5.34. The van der Waals surface area contributed by atoms with Crippen molar-refractivity contribution in [2.75, 3.05) is 0 Å². The molecule has 2 aromatic rings. The third-order valence-electron chi connectivity index (χ3n) is 3.47. The Balaban J connectivity index is 1.99. The second-order valence-corrected chi connectivity index (χ2v) is 6.18. The molecular weight excluding hydrogens is 260 g/mol. The highest BCUT2D eigenvalue weighted by Gasteiger charge is 2.37. The fraction of sp³-hybridized carbons (Fsp3) is 0.278. The van der Waals surface area contributed by atoms with Gasteiger partial charge in [0.25, 0.3) is 0 Å². The minimum atomic E-state index is -0.116. The van der Waals surface area contributed by atoms with Gasteiger partial charge in [-0.2, -0.15) is 0 Å². The highest BCUT2D eigenvalue weighted by Crippen LogP contribution is 2.39. The lowest BCUT2D eigenvalue weighted by Gasteiger charge is -2.34. The van der Waals surface area contributed by atoms with E-state index in [9.17, 15) is 0 Å². The van der Waals surface area contributed by atoms with Gasteiger partial charge in [-0.15, -0.1) is 5.06 Å². The Morgan fingerprint density at radius 3 is 2.33 bits per heavy atom. The molecule has 1 aromatic carbocycles. The SMILES string of the molecule is CC(C)(C)N1OC(c2ccccc2)=CC1c1ccccn1. The van der Waals surface area contributed by atoms with Gasteiger partial charge in [0.1, 0.15) is 6.04 Å². The molecule has 108 valence electrons. The summed E-state index contributed by atoms with van der Waals surface area (Å²) in [5.74, 6) is 0.890. The van der Waals surface area contributed by atoms with E-state index in [0.29, 0.717) is 0 Å². The molecule has 0 amide bonds. The molecule has 1 unspecified atom stereocenters. The van der Waals surface area contributed by atoms with Crippen molar-refractivity contribution in [1.82, 2.24) is 10.0 Å². The number of hydrogen-bond donors (Lipinski definition) is 0. The summed E-state index contributed by atoms with van der Waals surface area (Å²) in [5, 5.41) is 2.01. The molecule has 0 bridgehead atoms. The molecule has 1 atom stereocenters. The zero-order chi connectivity index (χ0) is 14.9. The largest absolute Gasteiger partial charge is 0.404 e. The molecule has 1 aromatic heterocycles. The smallest absolute Gasteiger partial charge is 0.152 e. The number of pyridine rings is 1. The predicted octanol–water partition coefficient (Wildman–Crippen LogP) is 4.21. The summed E-state index contributed by atoms with van der Waals surface area (Å²) in [6.07, 6.45) is 3.97. The van der Waals surface area contributed by atoms with Gasteiger partial charge < -0.3 is 4.84 Å². The number of hydrogen-bond acceptors (Lipinski definition) is 3. The first-order valence-corrected chi connectivity index (χ1v) is 7.21. The standard InChI is InChI=1S/C18H20N2O/c1-18(2,3)20-16(15-11-7-8-12-19-15)13-17(21-20)14-9-5-4-6-10-14/h4-13,16H,1-3H3. The highest BCUT2D eigenvalue weighted by atomic mass is 16.7. The normalized spacial score (nSPS) is 19.2. The Morgan fingerprint density at radius 2 is 1.71 bits per heavy atom. The van der Waals surface area contributed by atoms with Gasteiger partial charge in [0.05, 0.1) is 5.69 Å². The number of rotatable bonds is 2. The summed E-state index contributed by atoms with van der Waals surface area (Å²) in [4.78, 5) is 10.6. The van der Waals surface area contributed by atoms with Crippen LogP contribution < -0.4 is 0 Å². The van der Waals surface area contributed by atoms with Crippen LogP contribution in [0.4, 0.5) is 0 Å². The summed E-state index contributed by atoms with van der Waals surface area (Å²) in [7, 11) is 0. The maximum absolute atomic E-state index is 6.13. The Morgan fingerprint density at radius 1 is 1.00 bits per heavy atom. The van der Waals surface area contributed by atoms with E-state index in [0.717, 1.165) is 17.0 Å². The lowest BCUT2D eigenvalue weighted by atomic mass is 10.0. The number of aromatic nitrogens is 1. The average Bonchev–Trinajstić information content (AvgIpc) is 2.94. The van der Waals surface area contributed by atoms with Gasteiger partial charge in [-0.05, 0) is 39.0 Å². The van der Waals surface area contributed by atoms with Gasteiger partial charge >= 0.3 is 0 Å². The van der Waals surface area contributed by atoms with Crippen LogP contribution in [-0.4, -0.2) is 15.6 Å². The van der Waals surface area contributed by atoms with Gasteiger partial charge in [0, 0.05) is 17.3 Å². The van der Waals surface area contributed by atoms with E-state index in [4.69, 9.17) is 4.84 Å². The van der Waals surface area contributed by atoms with E-state index in [2.05, 4.69) is 44.0 Å². The van der Waals surface area contributed by atoms with Gasteiger partial charge in [-0.25, -0.2) is 0 Å². The third kappa shape index (κ3) is 2.83. The maximum atomic E-state index is 6.13. The molecule has 0 fully saturated rings. The molecule has 1 aliphatic heterocycles. The second-order valence-electron chi connectivity index (χ2n) is 6.18. The molecule has 0 saturated carbocycles. The first-order valence-electron chi connectivity index (χ1n) is 7.21. The quantitative estimate of drug-likeness (QED) is 0.824. The van der Waals surface area contributed by atoms with Gasteiger partial charge in [0.2, 0.25) is 0 Å². The summed E-state index contributed by atoms with van der Waals surface area (Å²) in [5.41, 5.74) is 1.97. The van der Waals surface area contributed by atoms with Crippen molar-refractivity contribution in [1.29, 1.82) is 0 Å². The van der Waals surface area contributed by atoms with Gasteiger partial charge in [0.15, 0.2) is 5.76 Å². The molecule has 2 heterocycles. The van der Waals surface area contributed by atoms with Crippen LogP contribution >= 0.6 is 0 Å². The van der Waals surface area contributed by atoms with Crippen LogP contribution in [0.15, 0.2) is 60.8 Å². The van der Waals surface area contributed by atoms with E-state index in [1.54, 1.807) is 0 Å². The van der Waals surface area contributed by atoms with E-state index in [1.165, 1.54) is 0 Å². The molecular formula is C18H20N2O. The Labute approximate surface area is 125 Å². The monoisotopic (exact) mass is 280 g/mol. The van der Waals surface area contributed by atoms with Crippen LogP contribution in [0.5, 0.6) is 0 Å². The molecule has 3 heteroatoms. The topological polar surface area (TPSA) is 25.4 Å². The Hall–Kier alpha value is -2.13. The van der Waals surface area contributed by atoms with Crippen molar-refractivity contribution in [2.24, 2.45) is 0 Å². The van der Waals surface area contributed by atoms with Crippen molar-refractivity contribution in [3.8, 4) is 0 Å². The molecule has 0 aliphatic carbocycles. The van der Waals surface area contributed by atoms with E-state index < -0.39 is 0 Å². The van der Waals surface area contributed by atoms with Crippen LogP contribution in [0.1, 0.15) is 38.1 Å². The highest BCUT2D eigenvalue weighted by molar-refractivity contribution is 5.62. The minimum Gasteiger partial charge on any atom is -0.404 e. The maximum Gasteiger partial charge on any atom is 0.152 e. The Bertz CT molecular complexity index is 629. The first-order chi connectivity index (χ1) is 10.1. The van der Waals surface area contributed by atoms with Crippen molar-refractivity contribution in [3.63, 3.8) is 0 Å². The molecule has 0 saturated heterocycles.